The fraction of sp³-hybridized carbons (Fsp3) is 0.214. The molecule has 0 unspecified atom stereocenters. The molecule has 0 amide bonds. The molecule has 0 aliphatic rings. The molecule has 0 spiro atoms. The number of aryl methyl sites for hydroxylation is 1. The van der Waals surface area contributed by atoms with Gasteiger partial charge in [-0.15, -0.1) is 0 Å². The summed E-state index contributed by atoms with van der Waals surface area (Å²) < 4.78 is 0. The van der Waals surface area contributed by atoms with E-state index in [2.05, 4.69) is 26.7 Å². The highest BCUT2D eigenvalue weighted by Gasteiger charge is 2.08. The summed E-state index contributed by atoms with van der Waals surface area (Å²) in [6.07, 6.45) is 1.73. The Morgan fingerprint density at radius 2 is 2.20 bits per heavy atom. The van der Waals surface area contributed by atoms with Crippen molar-refractivity contribution in [2.75, 3.05) is 17.2 Å². The fourth-order valence-electron chi connectivity index (χ4n) is 1.66. The van der Waals surface area contributed by atoms with E-state index in [0.29, 0.717) is 28.0 Å². The Bertz CT molecular complexity index is 663. The number of benzene rings is 1. The van der Waals surface area contributed by atoms with Crippen molar-refractivity contribution in [3.05, 3.63) is 40.5 Å². The minimum absolute atomic E-state index is 0.511. The van der Waals surface area contributed by atoms with Gasteiger partial charge in [0.05, 0.1) is 11.3 Å². The number of nitrogens with zero attached hydrogens (tertiary/aromatic N) is 3. The number of nitrogens with one attached hydrogen (secondary N) is 2. The lowest BCUT2D eigenvalue weighted by molar-refractivity contribution is 1.07. The van der Waals surface area contributed by atoms with E-state index in [9.17, 15) is 0 Å². The van der Waals surface area contributed by atoms with Gasteiger partial charge in [-0.3, -0.25) is 0 Å². The number of halogens is 1. The molecule has 5 nitrogen and oxygen atoms in total. The van der Waals surface area contributed by atoms with Crippen LogP contribution < -0.4 is 10.6 Å². The molecule has 1 aromatic heterocycles. The summed E-state index contributed by atoms with van der Waals surface area (Å²) in [7, 11) is 0. The van der Waals surface area contributed by atoms with Gasteiger partial charge in [0.2, 0.25) is 5.95 Å². The first-order valence-electron chi connectivity index (χ1n) is 6.18. The van der Waals surface area contributed by atoms with Crippen LogP contribution in [0, 0.1) is 18.3 Å². The average Bonchev–Trinajstić information content (AvgIpc) is 2.43. The molecular weight excluding hydrogens is 274 g/mol. The van der Waals surface area contributed by atoms with Crippen molar-refractivity contribution in [2.24, 2.45) is 0 Å². The third kappa shape index (κ3) is 3.16. The van der Waals surface area contributed by atoms with Crippen molar-refractivity contribution >= 4 is 29.1 Å². The summed E-state index contributed by atoms with van der Waals surface area (Å²) in [5.74, 6) is 1.19. The molecule has 1 heterocycles. The number of hydrogen-bond acceptors (Lipinski definition) is 5. The fourth-order valence-corrected chi connectivity index (χ4v) is 1.83. The molecule has 0 bridgehead atoms. The topological polar surface area (TPSA) is 73.6 Å². The van der Waals surface area contributed by atoms with Gasteiger partial charge < -0.3 is 10.6 Å². The van der Waals surface area contributed by atoms with Gasteiger partial charge in [-0.2, -0.15) is 10.2 Å². The van der Waals surface area contributed by atoms with E-state index in [0.717, 1.165) is 12.1 Å². The van der Waals surface area contributed by atoms with Gasteiger partial charge in [0, 0.05) is 23.3 Å². The van der Waals surface area contributed by atoms with Crippen LogP contribution in [0.5, 0.6) is 0 Å². The van der Waals surface area contributed by atoms with Crippen LogP contribution in [0.2, 0.25) is 5.02 Å². The minimum atomic E-state index is 0.511. The molecule has 0 radical (unpaired) electrons. The Morgan fingerprint density at radius 3 is 2.90 bits per heavy atom. The lowest BCUT2D eigenvalue weighted by atomic mass is 10.2. The van der Waals surface area contributed by atoms with Crippen LogP contribution in [0.3, 0.4) is 0 Å². The summed E-state index contributed by atoms with van der Waals surface area (Å²) in [6.45, 7) is 4.61. The predicted molar refractivity (Wildman–Crippen MR) is 80.4 cm³/mol. The molecule has 2 aromatic rings. The van der Waals surface area contributed by atoms with E-state index >= 15 is 0 Å². The summed E-state index contributed by atoms with van der Waals surface area (Å²) in [6, 6.07) is 7.18. The van der Waals surface area contributed by atoms with Gasteiger partial charge in [-0.05, 0) is 32.0 Å². The summed E-state index contributed by atoms with van der Waals surface area (Å²) in [4.78, 5) is 8.55. The zero-order valence-corrected chi connectivity index (χ0v) is 12.0. The summed E-state index contributed by atoms with van der Waals surface area (Å²) >= 11 is 5.97. The quantitative estimate of drug-likeness (QED) is 0.900. The van der Waals surface area contributed by atoms with Gasteiger partial charge in [0.25, 0.3) is 0 Å². The largest absolute Gasteiger partial charge is 0.354 e. The average molecular weight is 288 g/mol. The molecule has 2 rings (SSSR count). The maximum absolute atomic E-state index is 9.12. The Balaban J connectivity index is 2.37. The minimum Gasteiger partial charge on any atom is -0.354 e. The summed E-state index contributed by atoms with van der Waals surface area (Å²) in [5.41, 5.74) is 2.03. The van der Waals surface area contributed by atoms with Crippen LogP contribution in [-0.2, 0) is 0 Å². The van der Waals surface area contributed by atoms with Gasteiger partial charge in [0.15, 0.2) is 0 Å². The molecule has 0 aliphatic heterocycles. The number of anilines is 3. The highest BCUT2D eigenvalue weighted by Crippen LogP contribution is 2.25. The molecule has 0 saturated carbocycles. The van der Waals surface area contributed by atoms with Gasteiger partial charge in [-0.25, -0.2) is 4.98 Å². The van der Waals surface area contributed by atoms with Crippen molar-refractivity contribution in [2.45, 2.75) is 13.8 Å². The second-order valence-electron chi connectivity index (χ2n) is 4.18. The molecule has 20 heavy (non-hydrogen) atoms. The van der Waals surface area contributed by atoms with E-state index in [4.69, 9.17) is 16.9 Å². The van der Waals surface area contributed by atoms with Crippen molar-refractivity contribution in [3.8, 4) is 6.07 Å². The first-order valence-corrected chi connectivity index (χ1v) is 6.56. The van der Waals surface area contributed by atoms with Crippen LogP contribution >= 0.6 is 11.6 Å². The predicted octanol–water partition coefficient (Wildman–Crippen LogP) is 3.49. The lowest BCUT2D eigenvalue weighted by Gasteiger charge is -2.11. The van der Waals surface area contributed by atoms with Gasteiger partial charge in [0.1, 0.15) is 11.9 Å². The smallest absolute Gasteiger partial charge is 0.224 e. The number of aromatic nitrogens is 2. The van der Waals surface area contributed by atoms with Gasteiger partial charge in [-0.1, -0.05) is 11.6 Å². The molecule has 0 aliphatic carbocycles. The highest BCUT2D eigenvalue weighted by atomic mass is 35.5. The first-order chi connectivity index (χ1) is 9.63. The monoisotopic (exact) mass is 287 g/mol. The van der Waals surface area contributed by atoms with E-state index < -0.39 is 0 Å². The Kier molecular flexibility index (Phi) is 4.38. The van der Waals surface area contributed by atoms with Crippen molar-refractivity contribution in [1.82, 2.24) is 9.97 Å². The molecule has 0 atom stereocenters. The normalized spacial score (nSPS) is 9.90. The van der Waals surface area contributed by atoms with Crippen molar-refractivity contribution in [3.63, 3.8) is 0 Å². The highest BCUT2D eigenvalue weighted by molar-refractivity contribution is 6.30. The van der Waals surface area contributed by atoms with Crippen LogP contribution in [0.15, 0.2) is 24.4 Å². The maximum atomic E-state index is 9.12. The van der Waals surface area contributed by atoms with Crippen LogP contribution in [-0.4, -0.2) is 16.5 Å². The third-order valence-corrected chi connectivity index (χ3v) is 2.90. The number of hydrogen-bond donors (Lipinski definition) is 2. The van der Waals surface area contributed by atoms with Crippen molar-refractivity contribution in [1.29, 1.82) is 5.26 Å². The first kappa shape index (κ1) is 14.1. The zero-order chi connectivity index (χ0) is 14.5. The molecule has 1 aromatic carbocycles. The molecule has 0 saturated heterocycles. The number of rotatable bonds is 4. The van der Waals surface area contributed by atoms with E-state index in [1.165, 1.54) is 0 Å². The second-order valence-corrected chi connectivity index (χ2v) is 4.62. The lowest BCUT2D eigenvalue weighted by Crippen LogP contribution is -2.06. The third-order valence-electron chi connectivity index (χ3n) is 2.66. The summed E-state index contributed by atoms with van der Waals surface area (Å²) in [5, 5.41) is 15.9. The van der Waals surface area contributed by atoms with Gasteiger partial charge >= 0.3 is 0 Å². The van der Waals surface area contributed by atoms with Crippen molar-refractivity contribution < 1.29 is 0 Å². The number of nitriles is 1. The van der Waals surface area contributed by atoms with Crippen LogP contribution in [0.25, 0.3) is 0 Å². The zero-order valence-electron chi connectivity index (χ0n) is 11.2. The Labute approximate surface area is 122 Å². The van der Waals surface area contributed by atoms with E-state index in [1.807, 2.05) is 13.8 Å². The standard InChI is InChI=1S/C14H14ClN5/c1-3-17-14-18-8-9(2)13(20-14)19-12-6-11(15)5-4-10(12)7-16/h4-6,8H,3H2,1-2H3,(H2,17,18,19,20). The molecule has 6 heteroatoms. The van der Waals surface area contributed by atoms with E-state index in [1.54, 1.807) is 24.4 Å². The van der Waals surface area contributed by atoms with E-state index in [-0.39, 0.29) is 0 Å². The Morgan fingerprint density at radius 1 is 1.40 bits per heavy atom. The molecule has 0 fully saturated rings. The molecule has 102 valence electrons. The molecule has 2 N–H and O–H groups in total. The SMILES string of the molecule is CCNc1ncc(C)c(Nc2cc(Cl)ccc2C#N)n1. The molecular formula is C14H14ClN5. The van der Waals surface area contributed by atoms with Crippen LogP contribution in [0.4, 0.5) is 17.5 Å². The second kappa shape index (κ2) is 6.22. The van der Waals surface area contributed by atoms with Crippen LogP contribution in [0.1, 0.15) is 18.1 Å². The Hall–Kier alpha value is -2.32. The maximum Gasteiger partial charge on any atom is 0.224 e.